The number of ketones is 1. The summed E-state index contributed by atoms with van der Waals surface area (Å²) in [7, 11) is 4.01. The zero-order valence-electron chi connectivity index (χ0n) is 10.4. The quantitative estimate of drug-likeness (QED) is 0.723. The van der Waals surface area contributed by atoms with Gasteiger partial charge in [0.05, 0.1) is 0 Å². The standard InChI is InChI=1S/C14H19NO/c1-11(2)14(16)10-7-12-5-8-13(9-6-12)15(3)4/h5-11H,1-4H3. The van der Waals surface area contributed by atoms with Gasteiger partial charge < -0.3 is 4.90 Å². The highest BCUT2D eigenvalue weighted by atomic mass is 16.1. The summed E-state index contributed by atoms with van der Waals surface area (Å²) in [5, 5.41) is 0. The van der Waals surface area contributed by atoms with E-state index >= 15 is 0 Å². The van der Waals surface area contributed by atoms with Crippen molar-refractivity contribution < 1.29 is 4.79 Å². The number of carbonyl (C=O) groups excluding carboxylic acids is 1. The van der Waals surface area contributed by atoms with Gasteiger partial charge in [0.15, 0.2) is 5.78 Å². The summed E-state index contributed by atoms with van der Waals surface area (Å²) in [6.45, 7) is 3.81. The second kappa shape index (κ2) is 5.50. The highest BCUT2D eigenvalue weighted by Crippen LogP contribution is 2.13. The second-order valence-electron chi connectivity index (χ2n) is 4.38. The van der Waals surface area contributed by atoms with E-state index in [0.717, 1.165) is 11.3 Å². The van der Waals surface area contributed by atoms with Crippen molar-refractivity contribution in [2.24, 2.45) is 5.92 Å². The van der Waals surface area contributed by atoms with Crippen LogP contribution in [0.1, 0.15) is 19.4 Å². The number of hydrogen-bond donors (Lipinski definition) is 0. The Hall–Kier alpha value is -1.57. The Labute approximate surface area is 97.6 Å². The lowest BCUT2D eigenvalue weighted by atomic mass is 10.1. The van der Waals surface area contributed by atoms with Crippen LogP contribution in [-0.4, -0.2) is 19.9 Å². The van der Waals surface area contributed by atoms with Crippen LogP contribution in [0.4, 0.5) is 5.69 Å². The van der Waals surface area contributed by atoms with Crippen LogP contribution in [0.2, 0.25) is 0 Å². The molecule has 0 atom stereocenters. The fraction of sp³-hybridized carbons (Fsp3) is 0.357. The van der Waals surface area contributed by atoms with Gasteiger partial charge in [0, 0.05) is 25.7 Å². The molecule has 0 saturated carbocycles. The molecule has 0 bridgehead atoms. The summed E-state index contributed by atoms with van der Waals surface area (Å²) >= 11 is 0. The smallest absolute Gasteiger partial charge is 0.158 e. The van der Waals surface area contributed by atoms with Gasteiger partial charge in [0.25, 0.3) is 0 Å². The van der Waals surface area contributed by atoms with Gasteiger partial charge in [-0.15, -0.1) is 0 Å². The Morgan fingerprint density at radius 2 is 1.75 bits per heavy atom. The molecule has 0 aliphatic rings. The van der Waals surface area contributed by atoms with Gasteiger partial charge >= 0.3 is 0 Å². The lowest BCUT2D eigenvalue weighted by molar-refractivity contribution is -0.117. The van der Waals surface area contributed by atoms with E-state index < -0.39 is 0 Å². The molecule has 0 heterocycles. The number of anilines is 1. The van der Waals surface area contributed by atoms with E-state index in [-0.39, 0.29) is 11.7 Å². The Morgan fingerprint density at radius 3 is 2.19 bits per heavy atom. The number of carbonyl (C=O) groups is 1. The largest absolute Gasteiger partial charge is 0.378 e. The van der Waals surface area contributed by atoms with Gasteiger partial charge in [0.1, 0.15) is 0 Å². The molecule has 0 spiro atoms. The van der Waals surface area contributed by atoms with Crippen molar-refractivity contribution in [2.45, 2.75) is 13.8 Å². The number of nitrogens with zero attached hydrogens (tertiary/aromatic N) is 1. The average Bonchev–Trinajstić information content (AvgIpc) is 2.26. The molecule has 0 N–H and O–H groups in total. The maximum atomic E-state index is 11.4. The first kappa shape index (κ1) is 12.5. The summed E-state index contributed by atoms with van der Waals surface area (Å²) in [5.41, 5.74) is 2.21. The van der Waals surface area contributed by atoms with Gasteiger partial charge in [-0.1, -0.05) is 32.1 Å². The normalized spacial score (nSPS) is 11.1. The van der Waals surface area contributed by atoms with Crippen molar-refractivity contribution in [3.05, 3.63) is 35.9 Å². The molecular formula is C14H19NO. The van der Waals surface area contributed by atoms with Gasteiger partial charge in [0.2, 0.25) is 0 Å². The minimum atomic E-state index is 0.0669. The molecular weight excluding hydrogens is 198 g/mol. The monoisotopic (exact) mass is 217 g/mol. The Balaban J connectivity index is 2.72. The third kappa shape index (κ3) is 3.54. The first-order chi connectivity index (χ1) is 7.50. The maximum Gasteiger partial charge on any atom is 0.158 e. The van der Waals surface area contributed by atoms with E-state index in [0.29, 0.717) is 0 Å². The predicted octanol–water partition coefficient (Wildman–Crippen LogP) is 2.99. The van der Waals surface area contributed by atoms with E-state index in [4.69, 9.17) is 0 Å². The Kier molecular flexibility index (Phi) is 4.29. The molecule has 0 aliphatic carbocycles. The molecule has 0 amide bonds. The Bertz CT molecular complexity index is 374. The number of rotatable bonds is 4. The van der Waals surface area contributed by atoms with Crippen LogP contribution in [-0.2, 0) is 4.79 Å². The van der Waals surface area contributed by atoms with Crippen molar-refractivity contribution in [3.8, 4) is 0 Å². The predicted molar refractivity (Wildman–Crippen MR) is 69.6 cm³/mol. The van der Waals surface area contributed by atoms with Crippen LogP contribution in [0.3, 0.4) is 0 Å². The lowest BCUT2D eigenvalue weighted by Gasteiger charge is -2.11. The van der Waals surface area contributed by atoms with Crippen molar-refractivity contribution in [1.82, 2.24) is 0 Å². The van der Waals surface area contributed by atoms with Gasteiger partial charge in [-0.25, -0.2) is 0 Å². The van der Waals surface area contributed by atoms with E-state index in [1.807, 2.05) is 63.2 Å². The summed E-state index contributed by atoms with van der Waals surface area (Å²) in [6.07, 6.45) is 3.51. The van der Waals surface area contributed by atoms with Crippen LogP contribution < -0.4 is 4.90 Å². The zero-order valence-corrected chi connectivity index (χ0v) is 10.4. The molecule has 0 aromatic heterocycles. The maximum absolute atomic E-state index is 11.4. The Morgan fingerprint density at radius 1 is 1.19 bits per heavy atom. The van der Waals surface area contributed by atoms with Crippen molar-refractivity contribution >= 4 is 17.5 Å². The minimum Gasteiger partial charge on any atom is -0.378 e. The molecule has 0 radical (unpaired) electrons. The number of benzene rings is 1. The fourth-order valence-corrected chi connectivity index (χ4v) is 1.25. The topological polar surface area (TPSA) is 20.3 Å². The molecule has 2 nitrogen and oxygen atoms in total. The SMILES string of the molecule is CC(C)C(=O)C=Cc1ccc(N(C)C)cc1. The van der Waals surface area contributed by atoms with Crippen LogP contribution in [0, 0.1) is 5.92 Å². The van der Waals surface area contributed by atoms with Gasteiger partial charge in [-0.3, -0.25) is 4.79 Å². The third-order valence-electron chi connectivity index (χ3n) is 2.42. The van der Waals surface area contributed by atoms with Gasteiger partial charge in [-0.2, -0.15) is 0 Å². The molecule has 0 fully saturated rings. The molecule has 0 aliphatic heterocycles. The first-order valence-electron chi connectivity index (χ1n) is 5.50. The third-order valence-corrected chi connectivity index (χ3v) is 2.42. The fourth-order valence-electron chi connectivity index (χ4n) is 1.25. The van der Waals surface area contributed by atoms with Crippen LogP contribution in [0.5, 0.6) is 0 Å². The molecule has 0 saturated heterocycles. The number of hydrogen-bond acceptors (Lipinski definition) is 2. The van der Waals surface area contributed by atoms with Crippen molar-refractivity contribution in [3.63, 3.8) is 0 Å². The molecule has 16 heavy (non-hydrogen) atoms. The van der Waals surface area contributed by atoms with Crippen LogP contribution in [0.15, 0.2) is 30.3 Å². The summed E-state index contributed by atoms with van der Waals surface area (Å²) in [5.74, 6) is 0.231. The van der Waals surface area contributed by atoms with E-state index in [9.17, 15) is 4.79 Å². The van der Waals surface area contributed by atoms with Crippen molar-refractivity contribution in [1.29, 1.82) is 0 Å². The van der Waals surface area contributed by atoms with E-state index in [1.54, 1.807) is 6.08 Å². The van der Waals surface area contributed by atoms with Crippen LogP contribution in [0.25, 0.3) is 6.08 Å². The van der Waals surface area contributed by atoms with E-state index in [2.05, 4.69) is 0 Å². The molecule has 86 valence electrons. The zero-order chi connectivity index (χ0) is 12.1. The van der Waals surface area contributed by atoms with Gasteiger partial charge in [-0.05, 0) is 23.8 Å². The molecule has 2 heteroatoms. The number of allylic oxidation sites excluding steroid dienone is 1. The molecule has 1 rings (SSSR count). The summed E-state index contributed by atoms with van der Waals surface area (Å²) < 4.78 is 0. The first-order valence-corrected chi connectivity index (χ1v) is 5.50. The molecule has 1 aromatic rings. The van der Waals surface area contributed by atoms with E-state index in [1.165, 1.54) is 0 Å². The van der Waals surface area contributed by atoms with Crippen LogP contribution >= 0.6 is 0 Å². The second-order valence-corrected chi connectivity index (χ2v) is 4.38. The lowest BCUT2D eigenvalue weighted by Crippen LogP contribution is -2.07. The van der Waals surface area contributed by atoms with Crippen molar-refractivity contribution in [2.75, 3.05) is 19.0 Å². The average molecular weight is 217 g/mol. The highest BCUT2D eigenvalue weighted by molar-refractivity contribution is 5.94. The summed E-state index contributed by atoms with van der Waals surface area (Å²) in [6, 6.07) is 8.11. The highest BCUT2D eigenvalue weighted by Gasteiger charge is 2.01. The molecule has 0 unspecified atom stereocenters. The minimum absolute atomic E-state index is 0.0669. The summed E-state index contributed by atoms with van der Waals surface area (Å²) in [4.78, 5) is 13.4. The molecule has 1 aromatic carbocycles.